The van der Waals surface area contributed by atoms with Gasteiger partial charge in [-0.3, -0.25) is 19.8 Å². The molecule has 0 radical (unpaired) electrons. The van der Waals surface area contributed by atoms with E-state index in [-0.39, 0.29) is 33.0 Å². The maximum Gasteiger partial charge on any atom is 0.270 e. The minimum Gasteiger partial charge on any atom is -0.493 e. The van der Waals surface area contributed by atoms with Crippen molar-refractivity contribution in [3.63, 3.8) is 0 Å². The van der Waals surface area contributed by atoms with E-state index in [0.29, 0.717) is 34.6 Å². The van der Waals surface area contributed by atoms with Gasteiger partial charge in [0.15, 0.2) is 16.6 Å². The molecule has 10 heteroatoms. The number of nitrogens with one attached hydrogen (secondary N) is 1. The molecular weight excluding hydrogens is 557 g/mol. The molecule has 1 saturated heterocycles. The molecule has 0 aliphatic carbocycles. The summed E-state index contributed by atoms with van der Waals surface area (Å²) in [5.41, 5.74) is 2.53. The third-order valence-electron chi connectivity index (χ3n) is 5.83. The predicted molar refractivity (Wildman–Crippen MR) is 155 cm³/mol. The van der Waals surface area contributed by atoms with E-state index in [1.807, 2.05) is 12.1 Å². The summed E-state index contributed by atoms with van der Waals surface area (Å²) in [5, 5.41) is 12.2. The van der Waals surface area contributed by atoms with Crippen molar-refractivity contribution in [3.05, 3.63) is 105 Å². The first-order valence-electron chi connectivity index (χ1n) is 11.6. The van der Waals surface area contributed by atoms with E-state index in [1.54, 1.807) is 48.5 Å². The van der Waals surface area contributed by atoms with Crippen LogP contribution in [0.5, 0.6) is 11.5 Å². The summed E-state index contributed by atoms with van der Waals surface area (Å²) < 4.78 is 11.7. The smallest absolute Gasteiger partial charge is 0.270 e. The normalized spacial score (nSPS) is 14.2. The Morgan fingerprint density at radius 1 is 1.13 bits per heavy atom. The van der Waals surface area contributed by atoms with E-state index in [2.05, 4.69) is 18.0 Å². The molecule has 0 saturated carbocycles. The van der Waals surface area contributed by atoms with Crippen LogP contribution in [0.4, 0.5) is 5.69 Å². The van der Waals surface area contributed by atoms with Crippen LogP contribution in [0.25, 0.3) is 6.08 Å². The molecule has 1 fully saturated rings. The van der Waals surface area contributed by atoms with Crippen LogP contribution in [0.3, 0.4) is 0 Å². The summed E-state index contributed by atoms with van der Waals surface area (Å²) in [5.74, 6) is -0.479. The highest BCUT2D eigenvalue weighted by Gasteiger charge is 2.35. The molecule has 0 unspecified atom stereocenters. The van der Waals surface area contributed by atoms with Crippen LogP contribution in [0, 0.1) is 11.3 Å². The van der Waals surface area contributed by atoms with Gasteiger partial charge < -0.3 is 9.47 Å². The predicted octanol–water partition coefficient (Wildman–Crippen LogP) is 6.01. The van der Waals surface area contributed by atoms with Crippen LogP contribution in [0.2, 0.25) is 10.0 Å². The van der Waals surface area contributed by atoms with Crippen molar-refractivity contribution in [2.45, 2.75) is 13.0 Å². The van der Waals surface area contributed by atoms with Gasteiger partial charge in [-0.05, 0) is 60.6 Å². The second kappa shape index (κ2) is 12.1. The molecule has 196 valence electrons. The number of nitriles is 1. The van der Waals surface area contributed by atoms with Crippen molar-refractivity contribution < 1.29 is 19.1 Å². The average molecular weight is 578 g/mol. The van der Waals surface area contributed by atoms with E-state index in [1.165, 1.54) is 13.2 Å². The van der Waals surface area contributed by atoms with E-state index >= 15 is 0 Å². The Kier molecular flexibility index (Phi) is 8.67. The molecule has 39 heavy (non-hydrogen) atoms. The summed E-state index contributed by atoms with van der Waals surface area (Å²) in [6, 6.07) is 17.5. The van der Waals surface area contributed by atoms with Gasteiger partial charge in [0.1, 0.15) is 12.2 Å². The van der Waals surface area contributed by atoms with Gasteiger partial charge in [0, 0.05) is 11.1 Å². The Hall–Kier alpha value is -4.16. The second-order valence-corrected chi connectivity index (χ2v) is 9.46. The molecule has 2 amide bonds. The van der Waals surface area contributed by atoms with E-state index in [0.717, 1.165) is 10.5 Å². The van der Waals surface area contributed by atoms with Gasteiger partial charge in [-0.1, -0.05) is 53.5 Å². The third kappa shape index (κ3) is 5.81. The molecule has 0 spiro atoms. The highest BCUT2D eigenvalue weighted by Crippen LogP contribution is 2.37. The lowest BCUT2D eigenvalue weighted by molar-refractivity contribution is -0.122. The first-order valence-corrected chi connectivity index (χ1v) is 12.7. The fraction of sp³-hybridized carbons (Fsp3) is 0.103. The molecule has 0 atom stereocenters. The number of rotatable bonds is 8. The van der Waals surface area contributed by atoms with Crippen molar-refractivity contribution in [2.24, 2.45) is 0 Å². The fourth-order valence-corrected chi connectivity index (χ4v) is 4.66. The Bertz CT molecular complexity index is 1580. The van der Waals surface area contributed by atoms with Crippen molar-refractivity contribution in [2.75, 3.05) is 12.0 Å². The number of benzene rings is 3. The van der Waals surface area contributed by atoms with Crippen LogP contribution in [0.15, 0.2) is 72.8 Å². The number of thiocarbonyl (C=S) groups is 1. The SMILES string of the molecule is C=CCc1cc(/C=C2\C(=O)NC(=S)N(c3cccc(Cl)c3Cl)C2=O)cc(OC)c1OCc1ccccc1C#N. The number of methoxy groups -OCH3 is 1. The van der Waals surface area contributed by atoms with Gasteiger partial charge in [-0.2, -0.15) is 5.26 Å². The van der Waals surface area contributed by atoms with Gasteiger partial charge in [0.05, 0.1) is 34.5 Å². The molecule has 1 aliphatic heterocycles. The van der Waals surface area contributed by atoms with E-state index in [9.17, 15) is 14.9 Å². The molecule has 1 N–H and O–H groups in total. The van der Waals surface area contributed by atoms with Crippen molar-refractivity contribution in [1.29, 1.82) is 5.26 Å². The largest absolute Gasteiger partial charge is 0.493 e. The number of anilines is 1. The molecule has 4 rings (SSSR count). The molecule has 1 aliphatic rings. The Morgan fingerprint density at radius 3 is 2.62 bits per heavy atom. The number of amides is 2. The number of nitrogens with zero attached hydrogens (tertiary/aromatic N) is 2. The van der Waals surface area contributed by atoms with Crippen molar-refractivity contribution in [3.8, 4) is 17.6 Å². The first-order chi connectivity index (χ1) is 18.8. The molecule has 7 nitrogen and oxygen atoms in total. The minimum absolute atomic E-state index is 0.113. The lowest BCUT2D eigenvalue weighted by atomic mass is 10.0. The quantitative estimate of drug-likeness (QED) is 0.152. The number of hydrogen-bond acceptors (Lipinski definition) is 6. The highest BCUT2D eigenvalue weighted by atomic mass is 35.5. The molecule has 3 aromatic rings. The lowest BCUT2D eigenvalue weighted by Crippen LogP contribution is -2.54. The van der Waals surface area contributed by atoms with Crippen LogP contribution in [-0.4, -0.2) is 24.0 Å². The topological polar surface area (TPSA) is 91.7 Å². The standard InChI is InChI=1S/C29H21Cl2N3O4S/c1-3-7-18-12-17(14-24(37-2)26(18)38-16-20-9-5-4-8-19(20)15-32)13-21-27(35)33-29(39)34(28(21)36)23-11-6-10-22(30)25(23)31/h3-6,8-14H,1,7,16H2,2H3,(H,33,35,39)/b21-13+. The average Bonchev–Trinajstić information content (AvgIpc) is 2.92. The Balaban J connectivity index is 1.73. The van der Waals surface area contributed by atoms with Gasteiger partial charge >= 0.3 is 0 Å². The zero-order chi connectivity index (χ0) is 28.1. The number of halogens is 2. The molecule has 1 heterocycles. The molecule has 0 bridgehead atoms. The van der Waals surface area contributed by atoms with Gasteiger partial charge in [-0.25, -0.2) is 0 Å². The molecule has 3 aromatic carbocycles. The first kappa shape index (κ1) is 27.9. The third-order valence-corrected chi connectivity index (χ3v) is 6.93. The van der Waals surface area contributed by atoms with Crippen LogP contribution >= 0.6 is 35.4 Å². The number of carbonyl (C=O) groups is 2. The maximum absolute atomic E-state index is 13.5. The highest BCUT2D eigenvalue weighted by molar-refractivity contribution is 7.80. The number of ether oxygens (including phenoxy) is 2. The summed E-state index contributed by atoms with van der Waals surface area (Å²) in [4.78, 5) is 27.4. The molecule has 0 aromatic heterocycles. The van der Waals surface area contributed by atoms with Crippen LogP contribution < -0.4 is 19.7 Å². The fourth-order valence-electron chi connectivity index (χ4n) is 4.00. The maximum atomic E-state index is 13.5. The summed E-state index contributed by atoms with van der Waals surface area (Å²) >= 11 is 17.7. The lowest BCUT2D eigenvalue weighted by Gasteiger charge is -2.29. The van der Waals surface area contributed by atoms with E-state index in [4.69, 9.17) is 44.9 Å². The van der Waals surface area contributed by atoms with Gasteiger partial charge in [0.25, 0.3) is 11.8 Å². The number of carbonyl (C=O) groups excluding carboxylic acids is 2. The zero-order valence-corrected chi connectivity index (χ0v) is 23.0. The summed E-state index contributed by atoms with van der Waals surface area (Å²) in [7, 11) is 1.49. The van der Waals surface area contributed by atoms with Gasteiger partial charge in [-0.15, -0.1) is 6.58 Å². The zero-order valence-electron chi connectivity index (χ0n) is 20.7. The number of allylic oxidation sites excluding steroid dienone is 1. The second-order valence-electron chi connectivity index (χ2n) is 8.29. The summed E-state index contributed by atoms with van der Waals surface area (Å²) in [6.07, 6.45) is 3.55. The minimum atomic E-state index is -0.661. The summed E-state index contributed by atoms with van der Waals surface area (Å²) in [6.45, 7) is 3.95. The Labute approximate surface area is 240 Å². The van der Waals surface area contributed by atoms with Crippen LogP contribution in [0.1, 0.15) is 22.3 Å². The van der Waals surface area contributed by atoms with Crippen molar-refractivity contribution in [1.82, 2.24) is 5.32 Å². The number of hydrogen-bond donors (Lipinski definition) is 1. The Morgan fingerprint density at radius 2 is 1.90 bits per heavy atom. The van der Waals surface area contributed by atoms with Gasteiger partial charge in [0.2, 0.25) is 0 Å². The monoisotopic (exact) mass is 577 g/mol. The molecular formula is C29H21Cl2N3O4S. The van der Waals surface area contributed by atoms with E-state index < -0.39 is 11.8 Å². The van der Waals surface area contributed by atoms with Crippen LogP contribution in [-0.2, 0) is 22.6 Å². The van der Waals surface area contributed by atoms with Crippen molar-refractivity contribution >= 4 is 64.1 Å².